The van der Waals surface area contributed by atoms with Gasteiger partial charge in [0.05, 0.1) is 5.69 Å². The topological polar surface area (TPSA) is 16.4 Å². The lowest BCUT2D eigenvalue weighted by molar-refractivity contribution is 0.670. The quantitative estimate of drug-likeness (QED) is 0.153. The van der Waals surface area contributed by atoms with Crippen LogP contribution in [-0.4, -0.2) is 0 Å². The summed E-state index contributed by atoms with van der Waals surface area (Å²) in [4.78, 5) is 2.38. The van der Waals surface area contributed by atoms with Crippen molar-refractivity contribution in [3.63, 3.8) is 0 Å². The van der Waals surface area contributed by atoms with E-state index in [1.807, 2.05) is 12.1 Å². The number of benzene rings is 10. The maximum atomic E-state index is 6.44. The molecule has 60 heavy (non-hydrogen) atoms. The van der Waals surface area contributed by atoms with Gasteiger partial charge in [0.15, 0.2) is 0 Å². The van der Waals surface area contributed by atoms with Crippen LogP contribution in [-0.2, 0) is 0 Å². The molecule has 1 aromatic heterocycles. The summed E-state index contributed by atoms with van der Waals surface area (Å²) in [7, 11) is 0. The Bertz CT molecular complexity index is 3290. The fraction of sp³-hybridized carbons (Fsp3) is 0. The van der Waals surface area contributed by atoms with E-state index in [2.05, 4.69) is 229 Å². The summed E-state index contributed by atoms with van der Waals surface area (Å²) in [5, 5.41) is 4.76. The molecule has 0 aliphatic heterocycles. The third-order valence-electron chi connectivity index (χ3n) is 11.7. The highest BCUT2D eigenvalue weighted by Crippen LogP contribution is 2.43. The van der Waals surface area contributed by atoms with Gasteiger partial charge >= 0.3 is 0 Å². The molecule has 11 rings (SSSR count). The number of hydrogen-bond acceptors (Lipinski definition) is 2. The van der Waals surface area contributed by atoms with Crippen LogP contribution in [0, 0.1) is 0 Å². The molecular weight excluding hydrogens is 727 g/mol. The van der Waals surface area contributed by atoms with E-state index in [1.165, 1.54) is 44.2 Å². The second-order valence-corrected chi connectivity index (χ2v) is 15.3. The zero-order valence-corrected chi connectivity index (χ0v) is 32.9. The van der Waals surface area contributed by atoms with E-state index in [0.29, 0.717) is 0 Å². The first kappa shape index (κ1) is 35.2. The fourth-order valence-corrected chi connectivity index (χ4v) is 8.63. The van der Waals surface area contributed by atoms with Crippen LogP contribution in [0.25, 0.3) is 88.3 Å². The van der Waals surface area contributed by atoms with E-state index in [0.717, 1.165) is 61.3 Å². The minimum absolute atomic E-state index is 0.903. The highest BCUT2D eigenvalue weighted by Gasteiger charge is 2.19. The third kappa shape index (κ3) is 6.51. The van der Waals surface area contributed by atoms with Gasteiger partial charge in [-0.1, -0.05) is 188 Å². The van der Waals surface area contributed by atoms with E-state index < -0.39 is 0 Å². The number of hydrogen-bond donors (Lipinski definition) is 0. The maximum absolute atomic E-state index is 6.44. The Kier molecular flexibility index (Phi) is 8.87. The van der Waals surface area contributed by atoms with Crippen molar-refractivity contribution in [2.24, 2.45) is 0 Å². The molecule has 0 bridgehead atoms. The van der Waals surface area contributed by atoms with Crippen molar-refractivity contribution in [3.05, 3.63) is 237 Å². The van der Waals surface area contributed by atoms with Gasteiger partial charge in [-0.2, -0.15) is 0 Å². The third-order valence-corrected chi connectivity index (χ3v) is 11.7. The fourth-order valence-electron chi connectivity index (χ4n) is 8.63. The summed E-state index contributed by atoms with van der Waals surface area (Å²) in [6.07, 6.45) is 0. The zero-order chi connectivity index (χ0) is 39.8. The van der Waals surface area contributed by atoms with Crippen LogP contribution in [0.15, 0.2) is 241 Å². The Labute approximate surface area is 349 Å². The Morgan fingerprint density at radius 1 is 0.283 bits per heavy atom. The van der Waals surface area contributed by atoms with E-state index >= 15 is 0 Å². The molecule has 0 N–H and O–H groups in total. The van der Waals surface area contributed by atoms with Crippen LogP contribution in [0.4, 0.5) is 17.1 Å². The molecule has 282 valence electrons. The molecule has 2 nitrogen and oxygen atoms in total. The first-order valence-corrected chi connectivity index (χ1v) is 20.5. The molecule has 0 unspecified atom stereocenters. The van der Waals surface area contributed by atoms with Crippen LogP contribution >= 0.6 is 0 Å². The summed E-state index contributed by atoms with van der Waals surface area (Å²) in [5.41, 5.74) is 16.7. The van der Waals surface area contributed by atoms with Crippen molar-refractivity contribution >= 4 is 49.8 Å². The molecule has 0 saturated carbocycles. The minimum Gasteiger partial charge on any atom is -0.455 e. The Balaban J connectivity index is 0.990. The average Bonchev–Trinajstić information content (AvgIpc) is 3.72. The monoisotopic (exact) mass is 765 g/mol. The van der Waals surface area contributed by atoms with Gasteiger partial charge in [0.25, 0.3) is 0 Å². The second kappa shape index (κ2) is 15.1. The number of rotatable bonds is 8. The smallest absolute Gasteiger partial charge is 0.143 e. The summed E-state index contributed by atoms with van der Waals surface area (Å²) in [6.45, 7) is 0. The van der Waals surface area contributed by atoms with Crippen LogP contribution in [0.2, 0.25) is 0 Å². The highest BCUT2D eigenvalue weighted by molar-refractivity contribution is 6.09. The highest BCUT2D eigenvalue weighted by atomic mass is 16.3. The van der Waals surface area contributed by atoms with Crippen LogP contribution < -0.4 is 4.90 Å². The van der Waals surface area contributed by atoms with Gasteiger partial charge in [0, 0.05) is 33.3 Å². The first-order chi connectivity index (χ1) is 29.7. The minimum atomic E-state index is 0.903. The molecule has 2 heteroatoms. The van der Waals surface area contributed by atoms with E-state index in [-0.39, 0.29) is 0 Å². The van der Waals surface area contributed by atoms with Gasteiger partial charge in [-0.05, 0) is 104 Å². The normalized spacial score (nSPS) is 11.3. The molecule has 0 atom stereocenters. The van der Waals surface area contributed by atoms with Crippen molar-refractivity contribution in [1.29, 1.82) is 0 Å². The van der Waals surface area contributed by atoms with Crippen molar-refractivity contribution in [2.45, 2.75) is 0 Å². The maximum Gasteiger partial charge on any atom is 0.143 e. The summed E-state index contributed by atoms with van der Waals surface area (Å²) >= 11 is 0. The van der Waals surface area contributed by atoms with E-state index in [9.17, 15) is 0 Å². The molecule has 11 aromatic rings. The van der Waals surface area contributed by atoms with E-state index in [4.69, 9.17) is 4.42 Å². The van der Waals surface area contributed by atoms with Crippen molar-refractivity contribution in [3.8, 4) is 55.6 Å². The van der Waals surface area contributed by atoms with Gasteiger partial charge in [-0.3, -0.25) is 0 Å². The second-order valence-electron chi connectivity index (χ2n) is 15.3. The number of fused-ring (bicyclic) bond motifs is 4. The number of furan rings is 1. The molecule has 0 aliphatic carbocycles. The van der Waals surface area contributed by atoms with Gasteiger partial charge in [0.1, 0.15) is 11.2 Å². The van der Waals surface area contributed by atoms with Crippen molar-refractivity contribution in [2.75, 3.05) is 4.90 Å². The number of nitrogens with zero attached hydrogens (tertiary/aromatic N) is 1. The lowest BCUT2D eigenvalue weighted by Crippen LogP contribution is -2.11. The Morgan fingerprint density at radius 2 is 0.767 bits per heavy atom. The lowest BCUT2D eigenvalue weighted by atomic mass is 9.96. The SMILES string of the molecule is c1ccc(-c2ccc(-c3ccccc3N(c3ccc(-c4cccc(-c5ccc6ccccc6c5)c4)cc3)c3ccc(-c4cccc5c4oc4ccccc45)cc3)cc2)cc1. The molecule has 0 spiro atoms. The first-order valence-electron chi connectivity index (χ1n) is 20.5. The molecule has 0 amide bonds. The number of para-hydroxylation sites is 3. The summed E-state index contributed by atoms with van der Waals surface area (Å²) < 4.78 is 6.44. The Morgan fingerprint density at radius 3 is 1.57 bits per heavy atom. The van der Waals surface area contributed by atoms with Gasteiger partial charge in [-0.15, -0.1) is 0 Å². The number of anilines is 3. The molecular formula is C58H39NO. The van der Waals surface area contributed by atoms with Crippen LogP contribution in [0.5, 0.6) is 0 Å². The summed E-state index contributed by atoms with van der Waals surface area (Å²) in [6, 6.07) is 84.9. The molecule has 0 aliphatic rings. The van der Waals surface area contributed by atoms with Gasteiger partial charge in [0.2, 0.25) is 0 Å². The molecule has 0 radical (unpaired) electrons. The molecule has 10 aromatic carbocycles. The average molecular weight is 766 g/mol. The van der Waals surface area contributed by atoms with Crippen LogP contribution in [0.3, 0.4) is 0 Å². The predicted octanol–water partition coefficient (Wildman–Crippen LogP) is 16.5. The standard InChI is InChI=1S/C58H39NO/c1-2-12-40(13-3-1)42-24-27-44(28-25-42)52-18-6-8-22-56(52)59(51-36-32-45(33-37-51)53-20-11-21-55-54-19-7-9-23-57(54)60-58(53)55)50-34-30-43(31-35-50)47-16-10-17-48(38-47)49-29-26-41-14-4-5-15-46(41)39-49/h1-39H. The van der Waals surface area contributed by atoms with Crippen LogP contribution in [0.1, 0.15) is 0 Å². The Hall–Kier alpha value is -7.94. The van der Waals surface area contributed by atoms with Gasteiger partial charge in [-0.25, -0.2) is 0 Å². The zero-order valence-electron chi connectivity index (χ0n) is 32.9. The van der Waals surface area contributed by atoms with Gasteiger partial charge < -0.3 is 9.32 Å². The van der Waals surface area contributed by atoms with Crippen molar-refractivity contribution in [1.82, 2.24) is 0 Å². The largest absolute Gasteiger partial charge is 0.455 e. The molecule has 1 heterocycles. The lowest BCUT2D eigenvalue weighted by Gasteiger charge is -2.28. The molecule has 0 fully saturated rings. The van der Waals surface area contributed by atoms with Crippen molar-refractivity contribution < 1.29 is 4.42 Å². The van der Waals surface area contributed by atoms with E-state index in [1.54, 1.807) is 0 Å². The summed E-state index contributed by atoms with van der Waals surface area (Å²) in [5.74, 6) is 0. The molecule has 0 saturated heterocycles. The predicted molar refractivity (Wildman–Crippen MR) is 253 cm³/mol.